The highest BCUT2D eigenvalue weighted by Crippen LogP contribution is 2.36. The van der Waals surface area contributed by atoms with Crippen LogP contribution in [0.5, 0.6) is 0 Å². The van der Waals surface area contributed by atoms with Crippen molar-refractivity contribution in [2.24, 2.45) is 0 Å². The molecule has 1 aromatic rings. The van der Waals surface area contributed by atoms with Gasteiger partial charge in [0.25, 0.3) is 0 Å². The molecule has 0 fully saturated rings. The first-order valence-electron chi connectivity index (χ1n) is 5.12. The Labute approximate surface area is 103 Å². The molecule has 0 aromatic heterocycles. The predicted octanol–water partition coefficient (Wildman–Crippen LogP) is 4.74. The molecule has 0 heterocycles. The van der Waals surface area contributed by atoms with Crippen LogP contribution in [0.4, 0.5) is 18.9 Å². The van der Waals surface area contributed by atoms with Crippen molar-refractivity contribution in [2.75, 3.05) is 11.9 Å². The lowest BCUT2D eigenvalue weighted by Gasteiger charge is -2.15. The van der Waals surface area contributed by atoms with Gasteiger partial charge in [-0.05, 0) is 24.6 Å². The topological polar surface area (TPSA) is 12.0 Å². The number of anilines is 1. The molecule has 0 aliphatic heterocycles. The molecule has 1 rings (SSSR count). The monoisotopic (exact) mass is 263 g/mol. The molecule has 0 bridgehead atoms. The third-order valence-electron chi connectivity index (χ3n) is 2.32. The lowest BCUT2D eigenvalue weighted by molar-refractivity contribution is -0.136. The number of hydrogen-bond donors (Lipinski definition) is 1. The quantitative estimate of drug-likeness (QED) is 0.774. The number of alkyl halides is 3. The van der Waals surface area contributed by atoms with Crippen LogP contribution in [0.1, 0.15) is 18.9 Å². The van der Waals surface area contributed by atoms with Gasteiger partial charge in [-0.2, -0.15) is 13.2 Å². The third-order valence-corrected chi connectivity index (χ3v) is 2.55. The molecular formula is C12H13ClF3N. The minimum Gasteiger partial charge on any atom is -0.381 e. The molecule has 1 aromatic carbocycles. The van der Waals surface area contributed by atoms with Crippen molar-refractivity contribution >= 4 is 17.3 Å². The van der Waals surface area contributed by atoms with Crippen LogP contribution in [0.3, 0.4) is 0 Å². The normalized spacial score (nSPS) is 11.4. The highest BCUT2D eigenvalue weighted by atomic mass is 35.5. The summed E-state index contributed by atoms with van der Waals surface area (Å²) in [5.74, 6) is 0. The van der Waals surface area contributed by atoms with Crippen molar-refractivity contribution < 1.29 is 13.2 Å². The van der Waals surface area contributed by atoms with Crippen LogP contribution in [0.15, 0.2) is 30.4 Å². The second kappa shape index (κ2) is 5.45. The van der Waals surface area contributed by atoms with Crippen LogP contribution in [0.25, 0.3) is 0 Å². The second-order valence-electron chi connectivity index (χ2n) is 3.64. The van der Waals surface area contributed by atoms with Gasteiger partial charge in [0, 0.05) is 17.3 Å². The van der Waals surface area contributed by atoms with Crippen LogP contribution in [0.2, 0.25) is 5.02 Å². The molecule has 0 spiro atoms. The minimum absolute atomic E-state index is 0.0245. The average Bonchev–Trinajstić information content (AvgIpc) is 2.25. The molecule has 0 aliphatic carbocycles. The number of hydrogen-bond acceptors (Lipinski definition) is 1. The number of rotatable bonds is 4. The van der Waals surface area contributed by atoms with Crippen molar-refractivity contribution in [2.45, 2.75) is 19.5 Å². The maximum absolute atomic E-state index is 12.7. The summed E-state index contributed by atoms with van der Waals surface area (Å²) in [6.07, 6.45) is -3.69. The lowest BCUT2D eigenvalue weighted by Crippen LogP contribution is -2.12. The van der Waals surface area contributed by atoms with E-state index in [1.807, 2.05) is 6.92 Å². The van der Waals surface area contributed by atoms with E-state index < -0.39 is 11.7 Å². The fraction of sp³-hybridized carbons (Fsp3) is 0.333. The Hall–Kier alpha value is -1.16. The Kier molecular flexibility index (Phi) is 4.46. The fourth-order valence-corrected chi connectivity index (χ4v) is 1.42. The van der Waals surface area contributed by atoms with E-state index in [9.17, 15) is 13.2 Å². The van der Waals surface area contributed by atoms with Crippen LogP contribution in [0, 0.1) is 0 Å². The van der Waals surface area contributed by atoms with Gasteiger partial charge in [-0.15, -0.1) is 0 Å². The van der Waals surface area contributed by atoms with E-state index in [2.05, 4.69) is 11.9 Å². The Bertz CT molecular complexity index is 413. The molecule has 1 nitrogen and oxygen atoms in total. The largest absolute Gasteiger partial charge is 0.418 e. The van der Waals surface area contributed by atoms with Gasteiger partial charge < -0.3 is 5.32 Å². The standard InChI is InChI=1S/C12H13ClF3N/c1-3-8(2)7-17-11-5-4-9(13)6-10(11)12(14,15)16/h4-6,17H,2-3,7H2,1H3. The second-order valence-corrected chi connectivity index (χ2v) is 4.08. The number of nitrogens with one attached hydrogen (secondary N) is 1. The van der Waals surface area contributed by atoms with Crippen molar-refractivity contribution in [1.82, 2.24) is 0 Å². The molecular weight excluding hydrogens is 251 g/mol. The molecule has 0 saturated carbocycles. The highest BCUT2D eigenvalue weighted by molar-refractivity contribution is 6.30. The maximum Gasteiger partial charge on any atom is 0.418 e. The van der Waals surface area contributed by atoms with Gasteiger partial charge in [0.15, 0.2) is 0 Å². The van der Waals surface area contributed by atoms with Gasteiger partial charge in [0.2, 0.25) is 0 Å². The van der Waals surface area contributed by atoms with E-state index in [1.165, 1.54) is 12.1 Å². The molecule has 0 atom stereocenters. The minimum atomic E-state index is -4.42. The van der Waals surface area contributed by atoms with E-state index in [-0.39, 0.29) is 10.7 Å². The Balaban J connectivity index is 2.95. The SMILES string of the molecule is C=C(CC)CNc1ccc(Cl)cc1C(F)(F)F. The Morgan fingerprint density at radius 3 is 2.59 bits per heavy atom. The van der Waals surface area contributed by atoms with Crippen molar-refractivity contribution in [3.63, 3.8) is 0 Å². The van der Waals surface area contributed by atoms with E-state index in [0.717, 1.165) is 18.1 Å². The summed E-state index contributed by atoms with van der Waals surface area (Å²) >= 11 is 5.57. The first-order chi connectivity index (χ1) is 7.84. The molecule has 1 N–H and O–H groups in total. The third kappa shape index (κ3) is 3.97. The van der Waals surface area contributed by atoms with E-state index in [1.54, 1.807) is 0 Å². The van der Waals surface area contributed by atoms with Gasteiger partial charge in [0.1, 0.15) is 0 Å². The van der Waals surface area contributed by atoms with Crippen molar-refractivity contribution in [3.8, 4) is 0 Å². The molecule has 17 heavy (non-hydrogen) atoms. The van der Waals surface area contributed by atoms with Gasteiger partial charge >= 0.3 is 6.18 Å². The Morgan fingerprint density at radius 2 is 2.06 bits per heavy atom. The highest BCUT2D eigenvalue weighted by Gasteiger charge is 2.33. The molecule has 5 heteroatoms. The summed E-state index contributed by atoms with van der Waals surface area (Å²) in [6.45, 7) is 5.95. The predicted molar refractivity (Wildman–Crippen MR) is 64.4 cm³/mol. The zero-order chi connectivity index (χ0) is 13.1. The zero-order valence-corrected chi connectivity index (χ0v) is 10.1. The molecule has 94 valence electrons. The lowest BCUT2D eigenvalue weighted by atomic mass is 10.1. The first kappa shape index (κ1) is 13.9. The van der Waals surface area contributed by atoms with E-state index in [0.29, 0.717) is 6.54 Å². The van der Waals surface area contributed by atoms with Crippen LogP contribution >= 0.6 is 11.6 Å². The summed E-state index contributed by atoms with van der Waals surface area (Å²) in [5, 5.41) is 2.79. The number of benzene rings is 1. The summed E-state index contributed by atoms with van der Waals surface area (Å²) < 4.78 is 38.1. The van der Waals surface area contributed by atoms with Gasteiger partial charge in [-0.3, -0.25) is 0 Å². The molecule has 0 radical (unpaired) electrons. The smallest absolute Gasteiger partial charge is 0.381 e. The van der Waals surface area contributed by atoms with E-state index >= 15 is 0 Å². The van der Waals surface area contributed by atoms with E-state index in [4.69, 9.17) is 11.6 Å². The Morgan fingerprint density at radius 1 is 1.41 bits per heavy atom. The fourth-order valence-electron chi connectivity index (χ4n) is 1.25. The van der Waals surface area contributed by atoms with Gasteiger partial charge in [-0.1, -0.05) is 30.7 Å². The van der Waals surface area contributed by atoms with Crippen molar-refractivity contribution in [1.29, 1.82) is 0 Å². The van der Waals surface area contributed by atoms with Gasteiger partial charge in [-0.25, -0.2) is 0 Å². The molecule has 0 aliphatic rings. The molecule has 0 saturated heterocycles. The summed E-state index contributed by atoms with van der Waals surface area (Å²) in [4.78, 5) is 0. The molecule has 0 amide bonds. The summed E-state index contributed by atoms with van der Waals surface area (Å²) in [7, 11) is 0. The summed E-state index contributed by atoms with van der Waals surface area (Å²) in [6, 6.07) is 3.67. The molecule has 0 unspecified atom stereocenters. The van der Waals surface area contributed by atoms with Crippen LogP contribution in [-0.2, 0) is 6.18 Å². The van der Waals surface area contributed by atoms with Crippen molar-refractivity contribution in [3.05, 3.63) is 40.9 Å². The first-order valence-corrected chi connectivity index (χ1v) is 5.49. The number of halogens is 4. The maximum atomic E-state index is 12.7. The van der Waals surface area contributed by atoms with Crippen LogP contribution in [-0.4, -0.2) is 6.54 Å². The van der Waals surface area contributed by atoms with Crippen LogP contribution < -0.4 is 5.32 Å². The van der Waals surface area contributed by atoms with Gasteiger partial charge in [0.05, 0.1) is 5.56 Å². The average molecular weight is 264 g/mol. The zero-order valence-electron chi connectivity index (χ0n) is 9.37. The summed E-state index contributed by atoms with van der Waals surface area (Å²) in [5.41, 5.74) is 0.110.